The van der Waals surface area contributed by atoms with Crippen molar-refractivity contribution < 1.29 is 0 Å². The summed E-state index contributed by atoms with van der Waals surface area (Å²) in [7, 11) is 0. The van der Waals surface area contributed by atoms with Crippen LogP contribution in [0.4, 0.5) is 0 Å². The van der Waals surface area contributed by atoms with Gasteiger partial charge in [0.15, 0.2) is 0 Å². The SMILES string of the molecule is NCC1C(CN)C2CC1C1C3C=CC(C3)C21. The lowest BCUT2D eigenvalue weighted by atomic mass is 9.65. The van der Waals surface area contributed by atoms with E-state index in [0.717, 1.165) is 60.4 Å². The number of fused-ring (bicyclic) bond motifs is 9. The molecular formula is C14H22N2. The maximum absolute atomic E-state index is 5.99. The van der Waals surface area contributed by atoms with Crippen molar-refractivity contribution in [3.63, 3.8) is 0 Å². The number of allylic oxidation sites excluding steroid dienone is 2. The first-order valence-electron chi connectivity index (χ1n) is 6.93. The van der Waals surface area contributed by atoms with Crippen molar-refractivity contribution in [1.29, 1.82) is 0 Å². The van der Waals surface area contributed by atoms with Crippen LogP contribution in [0.3, 0.4) is 0 Å². The summed E-state index contributed by atoms with van der Waals surface area (Å²) in [5.41, 5.74) is 12.0. The Morgan fingerprint density at radius 1 is 0.812 bits per heavy atom. The van der Waals surface area contributed by atoms with E-state index in [1.54, 1.807) is 0 Å². The normalized spacial score (nSPS) is 60.9. The van der Waals surface area contributed by atoms with Gasteiger partial charge in [0.2, 0.25) is 0 Å². The minimum absolute atomic E-state index is 0.740. The van der Waals surface area contributed by atoms with E-state index in [1.165, 1.54) is 12.8 Å². The minimum Gasteiger partial charge on any atom is -0.330 e. The summed E-state index contributed by atoms with van der Waals surface area (Å²) in [6.45, 7) is 1.74. The molecule has 4 aliphatic rings. The molecule has 8 atom stereocenters. The number of hydrogen-bond donors (Lipinski definition) is 2. The Kier molecular flexibility index (Phi) is 1.88. The van der Waals surface area contributed by atoms with Gasteiger partial charge in [-0.05, 0) is 73.3 Å². The highest BCUT2D eigenvalue weighted by Gasteiger charge is 2.63. The third-order valence-corrected chi connectivity index (χ3v) is 6.31. The van der Waals surface area contributed by atoms with E-state index in [1.807, 2.05) is 0 Å². The van der Waals surface area contributed by atoms with E-state index in [-0.39, 0.29) is 0 Å². The van der Waals surface area contributed by atoms with Crippen molar-refractivity contribution in [1.82, 2.24) is 0 Å². The molecule has 3 saturated carbocycles. The first-order valence-corrected chi connectivity index (χ1v) is 6.93. The Labute approximate surface area is 97.5 Å². The van der Waals surface area contributed by atoms with E-state index < -0.39 is 0 Å². The predicted molar refractivity (Wildman–Crippen MR) is 64.4 cm³/mol. The molecule has 0 aromatic rings. The van der Waals surface area contributed by atoms with E-state index in [9.17, 15) is 0 Å². The second-order valence-corrected chi connectivity index (χ2v) is 6.47. The average molecular weight is 218 g/mol. The molecule has 0 aromatic carbocycles. The zero-order chi connectivity index (χ0) is 10.9. The fourth-order valence-electron chi connectivity index (χ4n) is 5.99. The molecule has 0 aliphatic heterocycles. The first-order chi connectivity index (χ1) is 7.85. The Hall–Kier alpha value is -0.340. The molecule has 88 valence electrons. The van der Waals surface area contributed by atoms with Crippen LogP contribution in [0, 0.1) is 47.3 Å². The molecule has 0 amide bonds. The van der Waals surface area contributed by atoms with Crippen LogP contribution in [-0.4, -0.2) is 13.1 Å². The molecule has 8 unspecified atom stereocenters. The Balaban J connectivity index is 1.71. The van der Waals surface area contributed by atoms with Crippen LogP contribution >= 0.6 is 0 Å². The summed E-state index contributed by atoms with van der Waals surface area (Å²) >= 11 is 0. The van der Waals surface area contributed by atoms with E-state index in [0.29, 0.717) is 0 Å². The van der Waals surface area contributed by atoms with Gasteiger partial charge in [0.25, 0.3) is 0 Å². The molecule has 4 N–H and O–H groups in total. The largest absolute Gasteiger partial charge is 0.330 e. The van der Waals surface area contributed by atoms with Crippen molar-refractivity contribution in [3.05, 3.63) is 12.2 Å². The Morgan fingerprint density at radius 2 is 1.31 bits per heavy atom. The fraction of sp³-hybridized carbons (Fsp3) is 0.857. The summed E-state index contributed by atoms with van der Waals surface area (Å²) < 4.78 is 0. The third-order valence-electron chi connectivity index (χ3n) is 6.31. The van der Waals surface area contributed by atoms with Gasteiger partial charge in [-0.1, -0.05) is 12.2 Å². The third kappa shape index (κ3) is 0.925. The Morgan fingerprint density at radius 3 is 1.75 bits per heavy atom. The quantitative estimate of drug-likeness (QED) is 0.541. The summed E-state index contributed by atoms with van der Waals surface area (Å²) in [4.78, 5) is 0. The second-order valence-electron chi connectivity index (χ2n) is 6.47. The maximum atomic E-state index is 5.99. The number of rotatable bonds is 2. The first kappa shape index (κ1) is 9.67. The van der Waals surface area contributed by atoms with Crippen LogP contribution in [0.15, 0.2) is 12.2 Å². The van der Waals surface area contributed by atoms with Crippen LogP contribution in [-0.2, 0) is 0 Å². The lowest BCUT2D eigenvalue weighted by Crippen LogP contribution is -2.42. The van der Waals surface area contributed by atoms with E-state index in [4.69, 9.17) is 11.5 Å². The molecule has 2 nitrogen and oxygen atoms in total. The summed E-state index contributed by atoms with van der Waals surface area (Å²) in [5.74, 6) is 7.07. The van der Waals surface area contributed by atoms with Crippen LogP contribution in [0.1, 0.15) is 12.8 Å². The van der Waals surface area contributed by atoms with Crippen LogP contribution in [0.2, 0.25) is 0 Å². The lowest BCUT2D eigenvalue weighted by molar-refractivity contribution is 0.0965. The van der Waals surface area contributed by atoms with E-state index >= 15 is 0 Å². The lowest BCUT2D eigenvalue weighted by Gasteiger charge is -2.41. The Bertz CT molecular complexity index is 308. The van der Waals surface area contributed by atoms with Crippen LogP contribution in [0.5, 0.6) is 0 Å². The van der Waals surface area contributed by atoms with Crippen LogP contribution < -0.4 is 11.5 Å². The van der Waals surface area contributed by atoms with Gasteiger partial charge in [-0.2, -0.15) is 0 Å². The monoisotopic (exact) mass is 218 g/mol. The topological polar surface area (TPSA) is 52.0 Å². The van der Waals surface area contributed by atoms with Crippen molar-refractivity contribution in [2.24, 2.45) is 58.8 Å². The molecule has 4 bridgehead atoms. The summed E-state index contributed by atoms with van der Waals surface area (Å²) in [5, 5.41) is 0. The second kappa shape index (κ2) is 3.11. The van der Waals surface area contributed by atoms with Gasteiger partial charge in [0, 0.05) is 0 Å². The van der Waals surface area contributed by atoms with Gasteiger partial charge in [-0.25, -0.2) is 0 Å². The highest BCUT2D eigenvalue weighted by Crippen LogP contribution is 2.68. The van der Waals surface area contributed by atoms with Crippen molar-refractivity contribution >= 4 is 0 Å². The number of hydrogen-bond acceptors (Lipinski definition) is 2. The fourth-order valence-corrected chi connectivity index (χ4v) is 5.99. The molecular weight excluding hydrogens is 196 g/mol. The smallest absolute Gasteiger partial charge is 0.00429 e. The van der Waals surface area contributed by atoms with Crippen molar-refractivity contribution in [2.75, 3.05) is 13.1 Å². The zero-order valence-electron chi connectivity index (χ0n) is 9.76. The van der Waals surface area contributed by atoms with Gasteiger partial charge in [-0.3, -0.25) is 0 Å². The van der Waals surface area contributed by atoms with Crippen molar-refractivity contribution in [2.45, 2.75) is 12.8 Å². The highest BCUT2D eigenvalue weighted by molar-refractivity contribution is 5.22. The summed E-state index contributed by atoms with van der Waals surface area (Å²) in [6.07, 6.45) is 7.87. The average Bonchev–Trinajstić information content (AvgIpc) is 3.03. The van der Waals surface area contributed by atoms with Gasteiger partial charge < -0.3 is 11.5 Å². The van der Waals surface area contributed by atoms with E-state index in [2.05, 4.69) is 12.2 Å². The number of nitrogens with two attached hydrogens (primary N) is 2. The standard InChI is InChI=1S/C14H22N2/c15-5-11-9-4-10(12(11)6-16)14-8-2-1-7(3-8)13(9)14/h1-2,7-14H,3-6,15-16H2. The van der Waals surface area contributed by atoms with Gasteiger partial charge in [-0.15, -0.1) is 0 Å². The highest BCUT2D eigenvalue weighted by atomic mass is 14.7. The molecule has 0 aromatic heterocycles. The molecule has 2 heteroatoms. The van der Waals surface area contributed by atoms with Gasteiger partial charge in [0.1, 0.15) is 0 Å². The summed E-state index contributed by atoms with van der Waals surface area (Å²) in [6, 6.07) is 0. The molecule has 0 radical (unpaired) electrons. The molecule has 0 saturated heterocycles. The maximum Gasteiger partial charge on any atom is -0.00429 e. The van der Waals surface area contributed by atoms with Crippen molar-refractivity contribution in [3.8, 4) is 0 Å². The predicted octanol–water partition coefficient (Wildman–Crippen LogP) is 1.22. The van der Waals surface area contributed by atoms with Gasteiger partial charge >= 0.3 is 0 Å². The molecule has 0 heterocycles. The molecule has 4 rings (SSSR count). The molecule has 4 aliphatic carbocycles. The molecule has 0 spiro atoms. The van der Waals surface area contributed by atoms with Gasteiger partial charge in [0.05, 0.1) is 0 Å². The molecule has 16 heavy (non-hydrogen) atoms. The minimum atomic E-state index is 0.740. The molecule has 3 fully saturated rings. The zero-order valence-corrected chi connectivity index (χ0v) is 9.76. The van der Waals surface area contributed by atoms with Crippen LogP contribution in [0.25, 0.3) is 0 Å².